The van der Waals surface area contributed by atoms with Crippen LogP contribution < -0.4 is 9.47 Å². The van der Waals surface area contributed by atoms with Gasteiger partial charge in [0.25, 0.3) is 0 Å². The number of hydrogen-bond acceptors (Lipinski definition) is 3. The lowest BCUT2D eigenvalue weighted by Gasteiger charge is -2.13. The molecular weight excluding hydrogens is 262 g/mol. The third-order valence-electron chi connectivity index (χ3n) is 3.07. The van der Waals surface area contributed by atoms with Gasteiger partial charge in [-0.3, -0.25) is 0 Å². The minimum atomic E-state index is 0.558. The van der Waals surface area contributed by atoms with Gasteiger partial charge < -0.3 is 9.47 Å². The van der Waals surface area contributed by atoms with Crippen LogP contribution in [0, 0.1) is 11.3 Å². The first-order chi connectivity index (χ1) is 10.3. The maximum Gasteiger partial charge on any atom is 0.161 e. The summed E-state index contributed by atoms with van der Waals surface area (Å²) >= 11 is 0. The minimum absolute atomic E-state index is 0.558. The van der Waals surface area contributed by atoms with E-state index in [1.165, 1.54) is 0 Å². The topological polar surface area (TPSA) is 42.2 Å². The van der Waals surface area contributed by atoms with Gasteiger partial charge in [-0.2, -0.15) is 5.26 Å². The van der Waals surface area contributed by atoms with E-state index in [2.05, 4.69) is 6.07 Å². The van der Waals surface area contributed by atoms with E-state index in [4.69, 9.17) is 14.7 Å². The van der Waals surface area contributed by atoms with Crippen molar-refractivity contribution in [3.63, 3.8) is 0 Å². The van der Waals surface area contributed by atoms with Crippen LogP contribution in [0.2, 0.25) is 0 Å². The maximum absolute atomic E-state index is 9.05. The summed E-state index contributed by atoms with van der Waals surface area (Å²) in [5, 5.41) is 9.05. The number of ether oxygens (including phenoxy) is 2. The predicted octanol–water partition coefficient (Wildman–Crippen LogP) is 4.05. The second-order valence-electron chi connectivity index (χ2n) is 4.35. The molecular formula is C18H17NO2. The molecule has 3 nitrogen and oxygen atoms in total. The molecule has 0 atom stereocenters. The molecule has 0 spiro atoms. The Kier molecular flexibility index (Phi) is 5.00. The maximum atomic E-state index is 9.05. The van der Waals surface area contributed by atoms with Crippen molar-refractivity contribution in [2.45, 2.75) is 6.92 Å². The van der Waals surface area contributed by atoms with E-state index in [1.54, 1.807) is 13.2 Å². The summed E-state index contributed by atoms with van der Waals surface area (Å²) in [7, 11) is 1.61. The van der Waals surface area contributed by atoms with Crippen LogP contribution in [0.25, 0.3) is 5.57 Å². The molecule has 2 rings (SSSR count). The van der Waals surface area contributed by atoms with Gasteiger partial charge in [0.15, 0.2) is 11.5 Å². The van der Waals surface area contributed by atoms with Gasteiger partial charge in [-0.05, 0) is 35.8 Å². The van der Waals surface area contributed by atoms with Gasteiger partial charge in [-0.15, -0.1) is 0 Å². The Bertz CT molecular complexity index is 669. The van der Waals surface area contributed by atoms with Crippen molar-refractivity contribution in [3.05, 3.63) is 65.7 Å². The molecule has 0 aliphatic rings. The molecule has 3 heteroatoms. The third-order valence-corrected chi connectivity index (χ3v) is 3.07. The molecule has 0 amide bonds. The van der Waals surface area contributed by atoms with Crippen molar-refractivity contribution in [2.75, 3.05) is 13.7 Å². The van der Waals surface area contributed by atoms with E-state index in [1.807, 2.05) is 55.5 Å². The van der Waals surface area contributed by atoms with Gasteiger partial charge in [-0.1, -0.05) is 36.4 Å². The van der Waals surface area contributed by atoms with E-state index in [9.17, 15) is 0 Å². The zero-order valence-corrected chi connectivity index (χ0v) is 12.2. The monoisotopic (exact) mass is 279 g/mol. The molecule has 106 valence electrons. The number of nitrogens with zero attached hydrogens (tertiary/aromatic N) is 1. The Morgan fingerprint density at radius 2 is 1.86 bits per heavy atom. The molecule has 0 aliphatic heterocycles. The molecule has 0 fully saturated rings. The third kappa shape index (κ3) is 3.43. The van der Waals surface area contributed by atoms with Crippen LogP contribution in [-0.4, -0.2) is 13.7 Å². The summed E-state index contributed by atoms with van der Waals surface area (Å²) in [5.74, 6) is 1.36. The summed E-state index contributed by atoms with van der Waals surface area (Å²) < 4.78 is 10.9. The van der Waals surface area contributed by atoms with E-state index < -0.39 is 0 Å². The summed E-state index contributed by atoms with van der Waals surface area (Å²) in [6.07, 6.45) is 1.55. The molecule has 0 N–H and O–H groups in total. The number of allylic oxidation sites excluding steroid dienone is 1. The predicted molar refractivity (Wildman–Crippen MR) is 83.3 cm³/mol. The average molecular weight is 279 g/mol. The second kappa shape index (κ2) is 7.16. The zero-order chi connectivity index (χ0) is 15.1. The van der Waals surface area contributed by atoms with Crippen LogP contribution >= 0.6 is 0 Å². The summed E-state index contributed by atoms with van der Waals surface area (Å²) in [4.78, 5) is 0. The number of rotatable bonds is 5. The van der Waals surface area contributed by atoms with E-state index in [0.29, 0.717) is 18.1 Å². The number of methoxy groups -OCH3 is 1. The zero-order valence-electron chi connectivity index (χ0n) is 12.2. The lowest BCUT2D eigenvalue weighted by atomic mass is 9.97. The Morgan fingerprint density at radius 1 is 1.10 bits per heavy atom. The van der Waals surface area contributed by atoms with Crippen LogP contribution in [0.4, 0.5) is 0 Å². The quantitative estimate of drug-likeness (QED) is 0.775. The molecule has 0 aromatic heterocycles. The Balaban J connectivity index is 2.50. The van der Waals surface area contributed by atoms with E-state index in [0.717, 1.165) is 16.7 Å². The fraction of sp³-hybridized carbons (Fsp3) is 0.167. The first kappa shape index (κ1) is 14.7. The minimum Gasteiger partial charge on any atom is -0.493 e. The summed E-state index contributed by atoms with van der Waals surface area (Å²) in [6.45, 7) is 2.48. The van der Waals surface area contributed by atoms with Crippen LogP contribution in [0.15, 0.2) is 54.6 Å². The second-order valence-corrected chi connectivity index (χ2v) is 4.35. The molecule has 0 saturated heterocycles. The number of hydrogen-bond donors (Lipinski definition) is 0. The fourth-order valence-corrected chi connectivity index (χ4v) is 2.13. The first-order valence-corrected chi connectivity index (χ1v) is 6.76. The van der Waals surface area contributed by atoms with Gasteiger partial charge in [-0.25, -0.2) is 0 Å². The van der Waals surface area contributed by atoms with Crippen LogP contribution in [0.1, 0.15) is 18.1 Å². The lowest BCUT2D eigenvalue weighted by Crippen LogP contribution is -1.97. The standard InChI is InChI=1S/C18H17NO2/c1-3-21-18-13-15(9-10-17(18)20-2)16(11-12-19)14-7-5-4-6-8-14/h4-11,13H,3H2,1-2H3. The van der Waals surface area contributed by atoms with Crippen molar-refractivity contribution in [1.82, 2.24) is 0 Å². The molecule has 0 aliphatic carbocycles. The van der Waals surface area contributed by atoms with Crippen LogP contribution in [0.3, 0.4) is 0 Å². The molecule has 0 radical (unpaired) electrons. The van der Waals surface area contributed by atoms with Crippen molar-refractivity contribution in [3.8, 4) is 17.6 Å². The van der Waals surface area contributed by atoms with E-state index in [-0.39, 0.29) is 0 Å². The largest absolute Gasteiger partial charge is 0.493 e. The SMILES string of the molecule is CCOc1cc(C(=CC#N)c2ccccc2)ccc1OC. The highest BCUT2D eigenvalue weighted by Gasteiger charge is 2.10. The Hall–Kier alpha value is -2.73. The molecule has 0 saturated carbocycles. The van der Waals surface area contributed by atoms with Gasteiger partial charge in [0.2, 0.25) is 0 Å². The summed E-state index contributed by atoms with van der Waals surface area (Å²) in [5.41, 5.74) is 2.78. The molecule has 2 aromatic rings. The van der Waals surface area contributed by atoms with Crippen molar-refractivity contribution < 1.29 is 9.47 Å². The summed E-state index contributed by atoms with van der Waals surface area (Å²) in [6, 6.07) is 17.6. The van der Waals surface area contributed by atoms with E-state index >= 15 is 0 Å². The molecule has 21 heavy (non-hydrogen) atoms. The van der Waals surface area contributed by atoms with Gasteiger partial charge in [0.1, 0.15) is 0 Å². The van der Waals surface area contributed by atoms with Crippen LogP contribution in [-0.2, 0) is 0 Å². The van der Waals surface area contributed by atoms with Gasteiger partial charge >= 0.3 is 0 Å². The normalized spacial score (nSPS) is 10.8. The average Bonchev–Trinajstić information content (AvgIpc) is 2.54. The molecule has 2 aromatic carbocycles. The highest BCUT2D eigenvalue weighted by atomic mass is 16.5. The fourth-order valence-electron chi connectivity index (χ4n) is 2.13. The number of benzene rings is 2. The number of nitriles is 1. The highest BCUT2D eigenvalue weighted by molar-refractivity contribution is 5.82. The van der Waals surface area contributed by atoms with Crippen molar-refractivity contribution in [1.29, 1.82) is 5.26 Å². The van der Waals surface area contributed by atoms with Gasteiger partial charge in [0.05, 0.1) is 19.8 Å². The Labute approximate surface area is 125 Å². The molecule has 0 unspecified atom stereocenters. The molecule has 0 bridgehead atoms. The Morgan fingerprint density at radius 3 is 2.48 bits per heavy atom. The first-order valence-electron chi connectivity index (χ1n) is 6.76. The van der Waals surface area contributed by atoms with Gasteiger partial charge in [0, 0.05) is 6.08 Å². The van der Waals surface area contributed by atoms with Crippen molar-refractivity contribution in [2.24, 2.45) is 0 Å². The lowest BCUT2D eigenvalue weighted by molar-refractivity contribution is 0.311. The van der Waals surface area contributed by atoms with Crippen molar-refractivity contribution >= 4 is 5.57 Å². The highest BCUT2D eigenvalue weighted by Crippen LogP contribution is 2.32. The smallest absolute Gasteiger partial charge is 0.161 e. The molecule has 0 heterocycles. The van der Waals surface area contributed by atoms with Crippen LogP contribution in [0.5, 0.6) is 11.5 Å².